The Hall–Kier alpha value is -3.02. The number of carbonyl (C=O) groups is 2. The molecule has 0 radical (unpaired) electrons. The van der Waals surface area contributed by atoms with Crippen molar-refractivity contribution in [2.45, 2.75) is 6.92 Å². The smallest absolute Gasteiger partial charge is 0.339 e. The number of nitrogens with one attached hydrogen (secondary N) is 1. The van der Waals surface area contributed by atoms with Gasteiger partial charge in [-0.25, -0.2) is 4.79 Å². The molecule has 0 fully saturated rings. The maximum Gasteiger partial charge on any atom is 0.339 e. The molecule has 5 N–H and O–H groups in total. The first kappa shape index (κ1) is 14.4. The van der Waals surface area contributed by atoms with Gasteiger partial charge in [-0.1, -0.05) is 6.07 Å². The second kappa shape index (κ2) is 5.54. The number of amides is 1. The van der Waals surface area contributed by atoms with Gasteiger partial charge in [-0.15, -0.1) is 0 Å². The number of para-hydroxylation sites is 1. The average Bonchev–Trinajstić information content (AvgIpc) is 2.42. The third-order valence-corrected chi connectivity index (χ3v) is 3.04. The minimum atomic E-state index is -1.30. The summed E-state index contributed by atoms with van der Waals surface area (Å²) in [5.41, 5.74) is 7.17. The van der Waals surface area contributed by atoms with Crippen LogP contribution in [0.5, 0.6) is 5.75 Å². The predicted octanol–water partition coefficient (Wildman–Crippen LogP) is 2.23. The quantitative estimate of drug-likeness (QED) is 0.646. The number of aromatic hydroxyl groups is 1. The molecule has 0 saturated heterocycles. The van der Waals surface area contributed by atoms with Crippen molar-refractivity contribution < 1.29 is 19.8 Å². The number of anilines is 2. The summed E-state index contributed by atoms with van der Waals surface area (Å²) in [6.07, 6.45) is 0. The normalized spacial score (nSPS) is 10.1. The van der Waals surface area contributed by atoms with Crippen molar-refractivity contribution in [2.75, 3.05) is 11.1 Å². The van der Waals surface area contributed by atoms with Crippen LogP contribution in [0.25, 0.3) is 0 Å². The third-order valence-electron chi connectivity index (χ3n) is 3.04. The lowest BCUT2D eigenvalue weighted by Crippen LogP contribution is -2.13. The number of rotatable bonds is 3. The van der Waals surface area contributed by atoms with E-state index in [0.717, 1.165) is 5.56 Å². The molecule has 21 heavy (non-hydrogen) atoms. The lowest BCUT2D eigenvalue weighted by Gasteiger charge is -2.09. The van der Waals surface area contributed by atoms with Crippen LogP contribution in [0.4, 0.5) is 11.4 Å². The van der Waals surface area contributed by atoms with E-state index in [2.05, 4.69) is 5.32 Å². The largest absolute Gasteiger partial charge is 0.506 e. The van der Waals surface area contributed by atoms with Gasteiger partial charge in [0.05, 0.1) is 5.56 Å². The highest BCUT2D eigenvalue weighted by atomic mass is 16.4. The number of hydrogen-bond donors (Lipinski definition) is 4. The number of carboxylic acids is 1. The highest BCUT2D eigenvalue weighted by molar-refractivity contribution is 6.08. The van der Waals surface area contributed by atoms with Crippen LogP contribution >= 0.6 is 0 Å². The van der Waals surface area contributed by atoms with Crippen LogP contribution in [0.2, 0.25) is 0 Å². The molecule has 6 nitrogen and oxygen atoms in total. The molecule has 0 unspecified atom stereocenters. The van der Waals surface area contributed by atoms with Gasteiger partial charge in [-0.3, -0.25) is 4.79 Å². The topological polar surface area (TPSA) is 113 Å². The van der Waals surface area contributed by atoms with Crippen LogP contribution in [0, 0.1) is 6.92 Å². The van der Waals surface area contributed by atoms with Crippen LogP contribution in [0.15, 0.2) is 36.4 Å². The molecular formula is C15H14N2O4. The second-order valence-electron chi connectivity index (χ2n) is 4.53. The van der Waals surface area contributed by atoms with E-state index in [0.29, 0.717) is 11.4 Å². The zero-order valence-corrected chi connectivity index (χ0v) is 11.3. The SMILES string of the molecule is Cc1cc(NC(=O)c2cccc(C(=O)O)c2O)ccc1N. The zero-order valence-electron chi connectivity index (χ0n) is 11.3. The number of phenols is 1. The number of benzene rings is 2. The van der Waals surface area contributed by atoms with Gasteiger partial charge in [0.1, 0.15) is 11.3 Å². The van der Waals surface area contributed by atoms with Gasteiger partial charge in [0, 0.05) is 11.4 Å². The fourth-order valence-corrected chi connectivity index (χ4v) is 1.85. The molecule has 0 saturated carbocycles. The standard InChI is InChI=1S/C15H14N2O4/c1-8-7-9(5-6-12(8)16)17-14(19)10-3-2-4-11(13(10)18)15(20)21/h2-7,18H,16H2,1H3,(H,17,19)(H,20,21). The molecule has 2 rings (SSSR count). The average molecular weight is 286 g/mol. The molecule has 0 aliphatic rings. The minimum Gasteiger partial charge on any atom is -0.506 e. The highest BCUT2D eigenvalue weighted by Gasteiger charge is 2.18. The lowest BCUT2D eigenvalue weighted by atomic mass is 10.1. The molecule has 6 heteroatoms. The first-order valence-corrected chi connectivity index (χ1v) is 6.13. The van der Waals surface area contributed by atoms with Crippen molar-refractivity contribution in [3.05, 3.63) is 53.1 Å². The third kappa shape index (κ3) is 2.94. The number of aromatic carboxylic acids is 1. The molecule has 0 aliphatic carbocycles. The Morgan fingerprint density at radius 3 is 2.43 bits per heavy atom. The van der Waals surface area contributed by atoms with Crippen molar-refractivity contribution in [1.82, 2.24) is 0 Å². The van der Waals surface area contributed by atoms with E-state index in [4.69, 9.17) is 10.8 Å². The summed E-state index contributed by atoms with van der Waals surface area (Å²) >= 11 is 0. The molecule has 0 atom stereocenters. The van der Waals surface area contributed by atoms with Gasteiger partial charge < -0.3 is 21.3 Å². The Kier molecular flexibility index (Phi) is 3.80. The number of nitrogens with two attached hydrogens (primary N) is 1. The molecule has 0 bridgehead atoms. The van der Waals surface area contributed by atoms with Gasteiger partial charge in [-0.05, 0) is 42.8 Å². The molecule has 2 aromatic carbocycles. The summed E-state index contributed by atoms with van der Waals surface area (Å²) < 4.78 is 0. The fourth-order valence-electron chi connectivity index (χ4n) is 1.85. The van der Waals surface area contributed by atoms with Crippen molar-refractivity contribution in [2.24, 2.45) is 0 Å². The molecule has 0 heterocycles. The van der Waals surface area contributed by atoms with E-state index in [1.807, 2.05) is 0 Å². The van der Waals surface area contributed by atoms with Crippen LogP contribution in [0.1, 0.15) is 26.3 Å². The van der Waals surface area contributed by atoms with Crippen molar-refractivity contribution in [3.63, 3.8) is 0 Å². The molecule has 0 aromatic heterocycles. The summed E-state index contributed by atoms with van der Waals surface area (Å²) in [6, 6.07) is 8.93. The van der Waals surface area contributed by atoms with Crippen LogP contribution in [-0.4, -0.2) is 22.1 Å². The van der Waals surface area contributed by atoms with Crippen LogP contribution < -0.4 is 11.1 Å². The molecule has 108 valence electrons. The van der Waals surface area contributed by atoms with E-state index in [-0.39, 0.29) is 11.1 Å². The van der Waals surface area contributed by atoms with Crippen molar-refractivity contribution in [1.29, 1.82) is 0 Å². The van der Waals surface area contributed by atoms with E-state index >= 15 is 0 Å². The maximum atomic E-state index is 12.1. The number of carbonyl (C=O) groups excluding carboxylic acids is 1. The van der Waals surface area contributed by atoms with Gasteiger partial charge in [0.25, 0.3) is 5.91 Å². The number of aryl methyl sites for hydroxylation is 1. The van der Waals surface area contributed by atoms with Crippen LogP contribution in [-0.2, 0) is 0 Å². The summed E-state index contributed by atoms with van der Waals surface area (Å²) in [5, 5.41) is 21.4. The molecular weight excluding hydrogens is 272 g/mol. The van der Waals surface area contributed by atoms with E-state index in [9.17, 15) is 14.7 Å². The first-order chi connectivity index (χ1) is 9.90. The summed E-state index contributed by atoms with van der Waals surface area (Å²) in [6.45, 7) is 1.80. The number of carboxylic acid groups (broad SMARTS) is 1. The number of hydrogen-bond acceptors (Lipinski definition) is 4. The maximum absolute atomic E-state index is 12.1. The lowest BCUT2D eigenvalue weighted by molar-refractivity contribution is 0.0693. The highest BCUT2D eigenvalue weighted by Crippen LogP contribution is 2.24. The molecule has 1 amide bonds. The van der Waals surface area contributed by atoms with Crippen LogP contribution in [0.3, 0.4) is 0 Å². The van der Waals surface area contributed by atoms with E-state index < -0.39 is 17.6 Å². The molecule has 2 aromatic rings. The van der Waals surface area contributed by atoms with Gasteiger partial charge in [-0.2, -0.15) is 0 Å². The molecule has 0 aliphatic heterocycles. The van der Waals surface area contributed by atoms with Gasteiger partial charge >= 0.3 is 5.97 Å². The zero-order chi connectivity index (χ0) is 15.6. The van der Waals surface area contributed by atoms with Crippen molar-refractivity contribution in [3.8, 4) is 5.75 Å². The predicted molar refractivity (Wildman–Crippen MR) is 78.6 cm³/mol. The monoisotopic (exact) mass is 286 g/mol. The van der Waals surface area contributed by atoms with E-state index in [1.165, 1.54) is 18.2 Å². The van der Waals surface area contributed by atoms with E-state index in [1.54, 1.807) is 25.1 Å². The summed E-state index contributed by atoms with van der Waals surface area (Å²) in [4.78, 5) is 23.0. The van der Waals surface area contributed by atoms with Gasteiger partial charge in [0.2, 0.25) is 0 Å². The second-order valence-corrected chi connectivity index (χ2v) is 4.53. The molecule has 0 spiro atoms. The summed E-state index contributed by atoms with van der Waals surface area (Å²) in [7, 11) is 0. The van der Waals surface area contributed by atoms with Gasteiger partial charge in [0.15, 0.2) is 0 Å². The number of nitrogen functional groups attached to an aromatic ring is 1. The Balaban J connectivity index is 2.30. The summed E-state index contributed by atoms with van der Waals surface area (Å²) in [5.74, 6) is -2.46. The van der Waals surface area contributed by atoms with Crippen molar-refractivity contribution >= 4 is 23.3 Å². The Morgan fingerprint density at radius 1 is 1.14 bits per heavy atom. The fraction of sp³-hybridized carbons (Fsp3) is 0.0667. The Bertz CT molecular complexity index is 726. The minimum absolute atomic E-state index is 0.107. The Labute approximate surface area is 120 Å². The first-order valence-electron chi connectivity index (χ1n) is 6.13. The Morgan fingerprint density at radius 2 is 1.81 bits per heavy atom.